The van der Waals surface area contributed by atoms with Crippen LogP contribution in [0.4, 0.5) is 0 Å². The Morgan fingerprint density at radius 3 is 2.25 bits per heavy atom. The molecule has 3 rings (SSSR count). The van der Waals surface area contributed by atoms with E-state index in [9.17, 15) is 9.59 Å². The summed E-state index contributed by atoms with van der Waals surface area (Å²) in [4.78, 5) is 27.4. The van der Waals surface area contributed by atoms with Gasteiger partial charge in [-0.2, -0.15) is 0 Å². The maximum absolute atomic E-state index is 13.0. The van der Waals surface area contributed by atoms with Gasteiger partial charge in [0.05, 0.1) is 0 Å². The van der Waals surface area contributed by atoms with Gasteiger partial charge in [-0.1, -0.05) is 25.4 Å². The van der Waals surface area contributed by atoms with Crippen molar-refractivity contribution in [1.82, 2.24) is 15.5 Å². The maximum Gasteiger partial charge on any atom is 0.251 e. The predicted molar refractivity (Wildman–Crippen MR) is 115 cm³/mol. The first-order valence-electron chi connectivity index (χ1n) is 10.0. The molecule has 28 heavy (non-hydrogen) atoms. The minimum atomic E-state index is -0.510. The van der Waals surface area contributed by atoms with Crippen LogP contribution in [0.1, 0.15) is 49.9 Å². The maximum atomic E-state index is 13.0. The van der Waals surface area contributed by atoms with E-state index < -0.39 is 6.04 Å². The van der Waals surface area contributed by atoms with Crippen LogP contribution in [0.5, 0.6) is 0 Å². The number of nitrogens with zero attached hydrogens (tertiary/aromatic N) is 1. The Morgan fingerprint density at radius 1 is 1.11 bits per heavy atom. The molecule has 1 aromatic rings. The molecule has 1 aromatic carbocycles. The molecule has 1 heterocycles. The van der Waals surface area contributed by atoms with Gasteiger partial charge in [-0.3, -0.25) is 9.59 Å². The van der Waals surface area contributed by atoms with Crippen molar-refractivity contribution in [2.45, 2.75) is 51.6 Å². The lowest BCUT2D eigenvalue weighted by Gasteiger charge is -2.35. The molecule has 1 aliphatic carbocycles. The summed E-state index contributed by atoms with van der Waals surface area (Å²) in [5, 5.41) is 7.14. The van der Waals surface area contributed by atoms with Gasteiger partial charge in [0.25, 0.3) is 5.91 Å². The van der Waals surface area contributed by atoms with Gasteiger partial charge in [-0.05, 0) is 68.3 Å². The van der Waals surface area contributed by atoms with Gasteiger partial charge in [0.15, 0.2) is 0 Å². The fourth-order valence-corrected chi connectivity index (χ4v) is 3.62. The Morgan fingerprint density at radius 2 is 1.71 bits per heavy atom. The van der Waals surface area contributed by atoms with Crippen LogP contribution in [0.2, 0.25) is 5.02 Å². The van der Waals surface area contributed by atoms with Crippen molar-refractivity contribution in [3.05, 3.63) is 34.9 Å². The summed E-state index contributed by atoms with van der Waals surface area (Å²) in [6, 6.07) is 6.72. The molecule has 2 N–H and O–H groups in total. The van der Waals surface area contributed by atoms with E-state index in [2.05, 4.69) is 10.6 Å². The molecular weight excluding hydrogens is 397 g/mol. The fraction of sp³-hybridized carbons (Fsp3) is 0.619. The summed E-state index contributed by atoms with van der Waals surface area (Å²) in [7, 11) is 0. The summed E-state index contributed by atoms with van der Waals surface area (Å²) >= 11 is 5.88. The highest BCUT2D eigenvalue weighted by atomic mass is 35.5. The number of amides is 2. The largest absolute Gasteiger partial charge is 0.341 e. The van der Waals surface area contributed by atoms with Gasteiger partial charge >= 0.3 is 0 Å². The number of benzene rings is 1. The van der Waals surface area contributed by atoms with Crippen molar-refractivity contribution in [1.29, 1.82) is 0 Å². The minimum absolute atomic E-state index is 0. The van der Waals surface area contributed by atoms with Gasteiger partial charge in [0.2, 0.25) is 5.91 Å². The molecule has 0 spiro atoms. The number of hydrogen-bond acceptors (Lipinski definition) is 3. The van der Waals surface area contributed by atoms with Crippen molar-refractivity contribution >= 4 is 35.8 Å². The first kappa shape index (κ1) is 23.0. The third kappa shape index (κ3) is 6.36. The summed E-state index contributed by atoms with van der Waals surface area (Å²) in [6.45, 7) is 6.55. The zero-order valence-corrected chi connectivity index (χ0v) is 18.2. The zero-order valence-electron chi connectivity index (χ0n) is 16.6. The molecule has 1 aliphatic heterocycles. The number of hydrogen-bond donors (Lipinski definition) is 2. The van der Waals surface area contributed by atoms with Crippen LogP contribution in [0.15, 0.2) is 24.3 Å². The summed E-state index contributed by atoms with van der Waals surface area (Å²) in [6.07, 6.45) is 4.67. The third-order valence-electron chi connectivity index (χ3n) is 5.52. The van der Waals surface area contributed by atoms with Crippen molar-refractivity contribution in [2.24, 2.45) is 11.8 Å². The second-order valence-electron chi connectivity index (χ2n) is 8.15. The lowest BCUT2D eigenvalue weighted by Crippen LogP contribution is -2.54. The first-order valence-corrected chi connectivity index (χ1v) is 10.4. The quantitative estimate of drug-likeness (QED) is 0.699. The van der Waals surface area contributed by atoms with E-state index in [0.717, 1.165) is 38.4 Å². The average molecular weight is 428 g/mol. The standard InChI is InChI=1S/C21H30ClN3O2.ClH/c1-14(2)19(24-20(26)16-5-7-17(22)8-6-16)21(27)25-11-9-18(10-12-25)23-13-15-3-4-15;/h5-8,14-15,18-19,23H,3-4,9-13H2,1-2H3,(H,24,26);1H. The molecule has 2 fully saturated rings. The van der Waals surface area contributed by atoms with E-state index in [1.165, 1.54) is 12.8 Å². The van der Waals surface area contributed by atoms with Crippen molar-refractivity contribution in [3.63, 3.8) is 0 Å². The molecule has 0 bridgehead atoms. The van der Waals surface area contributed by atoms with E-state index in [-0.39, 0.29) is 30.1 Å². The van der Waals surface area contributed by atoms with Crippen molar-refractivity contribution in [2.75, 3.05) is 19.6 Å². The number of nitrogens with one attached hydrogen (secondary N) is 2. The smallest absolute Gasteiger partial charge is 0.251 e. The van der Waals surface area contributed by atoms with E-state index in [1.807, 2.05) is 18.7 Å². The topological polar surface area (TPSA) is 61.4 Å². The Hall–Kier alpha value is -1.30. The van der Waals surface area contributed by atoms with Crippen LogP contribution >= 0.6 is 24.0 Å². The molecule has 2 amide bonds. The third-order valence-corrected chi connectivity index (χ3v) is 5.78. The van der Waals surface area contributed by atoms with E-state index in [0.29, 0.717) is 16.6 Å². The van der Waals surface area contributed by atoms with E-state index in [4.69, 9.17) is 11.6 Å². The highest BCUT2D eigenvalue weighted by Gasteiger charge is 2.32. The first-order chi connectivity index (χ1) is 12.9. The van der Waals surface area contributed by atoms with Crippen LogP contribution in [0, 0.1) is 11.8 Å². The predicted octanol–water partition coefficient (Wildman–Crippen LogP) is 3.51. The molecule has 1 unspecified atom stereocenters. The molecule has 2 aliphatic rings. The van der Waals surface area contributed by atoms with Crippen LogP contribution in [-0.2, 0) is 4.79 Å². The van der Waals surface area contributed by atoms with Gasteiger partial charge in [-0.15, -0.1) is 12.4 Å². The van der Waals surface area contributed by atoms with E-state index >= 15 is 0 Å². The van der Waals surface area contributed by atoms with Crippen LogP contribution < -0.4 is 10.6 Å². The number of carbonyl (C=O) groups excluding carboxylic acids is 2. The van der Waals surface area contributed by atoms with Crippen molar-refractivity contribution < 1.29 is 9.59 Å². The van der Waals surface area contributed by atoms with E-state index in [1.54, 1.807) is 24.3 Å². The molecule has 1 saturated carbocycles. The number of rotatable bonds is 7. The van der Waals surface area contributed by atoms with Gasteiger partial charge in [0, 0.05) is 29.7 Å². The lowest BCUT2D eigenvalue weighted by molar-refractivity contribution is -0.135. The Balaban J connectivity index is 0.00000280. The Labute approximate surface area is 179 Å². The molecule has 7 heteroatoms. The zero-order chi connectivity index (χ0) is 19.4. The molecule has 0 aromatic heterocycles. The highest BCUT2D eigenvalue weighted by Crippen LogP contribution is 2.28. The normalized spacial score (nSPS) is 18.5. The number of piperidine rings is 1. The summed E-state index contributed by atoms with van der Waals surface area (Å²) in [5.41, 5.74) is 0.515. The van der Waals surface area contributed by atoms with Crippen LogP contribution in [0.3, 0.4) is 0 Å². The Kier molecular flexibility index (Phi) is 8.59. The Bertz CT molecular complexity index is 654. The monoisotopic (exact) mass is 427 g/mol. The second kappa shape index (κ2) is 10.5. The average Bonchev–Trinajstić information content (AvgIpc) is 3.49. The highest BCUT2D eigenvalue weighted by molar-refractivity contribution is 6.30. The van der Waals surface area contributed by atoms with Crippen LogP contribution in [-0.4, -0.2) is 48.4 Å². The lowest BCUT2D eigenvalue weighted by atomic mass is 9.99. The summed E-state index contributed by atoms with van der Waals surface area (Å²) in [5.74, 6) is 0.685. The molecule has 156 valence electrons. The van der Waals surface area contributed by atoms with Crippen LogP contribution in [0.25, 0.3) is 0 Å². The molecule has 5 nitrogen and oxygen atoms in total. The fourth-order valence-electron chi connectivity index (χ4n) is 3.50. The number of carbonyl (C=O) groups is 2. The molecular formula is C21H31Cl2N3O2. The van der Waals surface area contributed by atoms with Crippen molar-refractivity contribution in [3.8, 4) is 0 Å². The second-order valence-corrected chi connectivity index (χ2v) is 8.59. The molecule has 1 saturated heterocycles. The number of likely N-dealkylation sites (tertiary alicyclic amines) is 1. The minimum Gasteiger partial charge on any atom is -0.341 e. The molecule has 1 atom stereocenters. The number of halogens is 2. The van der Waals surface area contributed by atoms with Gasteiger partial charge in [0.1, 0.15) is 6.04 Å². The molecule has 0 radical (unpaired) electrons. The SMILES string of the molecule is CC(C)C(NC(=O)c1ccc(Cl)cc1)C(=O)N1CCC(NCC2CC2)CC1.Cl. The van der Waals surface area contributed by atoms with Gasteiger partial charge in [-0.25, -0.2) is 0 Å². The summed E-state index contributed by atoms with van der Waals surface area (Å²) < 4.78 is 0. The van der Waals surface area contributed by atoms with Gasteiger partial charge < -0.3 is 15.5 Å².